The number of carboxylic acids is 1. The minimum Gasteiger partial charge on any atom is -0.481 e. The molecule has 1 aromatic rings. The number of hydrogen-bond acceptors (Lipinski definition) is 4. The molecule has 0 saturated carbocycles. The van der Waals surface area contributed by atoms with Crippen molar-refractivity contribution in [2.45, 2.75) is 37.6 Å². The van der Waals surface area contributed by atoms with E-state index in [0.717, 1.165) is 11.1 Å². The Morgan fingerprint density at radius 1 is 1.42 bits per heavy atom. The van der Waals surface area contributed by atoms with Crippen molar-refractivity contribution < 1.29 is 18.3 Å². The van der Waals surface area contributed by atoms with Gasteiger partial charge in [-0.05, 0) is 37.5 Å². The number of anilines is 1. The monoisotopic (exact) mass is 283 g/mol. The van der Waals surface area contributed by atoms with Crippen LogP contribution in [0.3, 0.4) is 0 Å². The molecule has 0 aromatic heterocycles. The first-order valence-corrected chi connectivity index (χ1v) is 7.77. The minimum atomic E-state index is -3.34. The van der Waals surface area contributed by atoms with Gasteiger partial charge < -0.3 is 10.4 Å². The van der Waals surface area contributed by atoms with E-state index in [1.54, 1.807) is 6.07 Å². The SMILES string of the molecule is Cc1cc(C)c2c(c1)S(=O)(=O)CC(CCC(=O)O)N2. The Morgan fingerprint density at radius 3 is 2.74 bits per heavy atom. The Balaban J connectivity index is 2.36. The standard InChI is InChI=1S/C13H17NO4S/c1-8-5-9(2)13-11(6-8)19(17,18)7-10(14-13)3-4-12(15)16/h5-6,10,14H,3-4,7H2,1-2H3,(H,15,16). The second-order valence-corrected chi connectivity index (χ2v) is 7.01. The molecule has 1 aliphatic rings. The Kier molecular flexibility index (Phi) is 3.54. The third kappa shape index (κ3) is 2.89. The molecule has 5 nitrogen and oxygen atoms in total. The Hall–Kier alpha value is -1.56. The van der Waals surface area contributed by atoms with E-state index in [9.17, 15) is 13.2 Å². The Bertz CT molecular complexity index is 622. The van der Waals surface area contributed by atoms with Gasteiger partial charge in [-0.3, -0.25) is 4.79 Å². The van der Waals surface area contributed by atoms with E-state index in [0.29, 0.717) is 17.0 Å². The number of aliphatic carboxylic acids is 1. The highest BCUT2D eigenvalue weighted by molar-refractivity contribution is 7.91. The molecule has 2 rings (SSSR count). The summed E-state index contributed by atoms with van der Waals surface area (Å²) in [5.41, 5.74) is 2.40. The predicted octanol–water partition coefficient (Wildman–Crippen LogP) is 1.74. The first-order valence-electron chi connectivity index (χ1n) is 6.12. The molecule has 2 N–H and O–H groups in total. The van der Waals surface area contributed by atoms with Gasteiger partial charge in [-0.15, -0.1) is 0 Å². The second kappa shape index (κ2) is 4.85. The summed E-state index contributed by atoms with van der Waals surface area (Å²) in [4.78, 5) is 10.9. The van der Waals surface area contributed by atoms with Gasteiger partial charge in [0.1, 0.15) is 0 Å². The van der Waals surface area contributed by atoms with Crippen LogP contribution in [0.2, 0.25) is 0 Å². The summed E-state index contributed by atoms with van der Waals surface area (Å²) in [5, 5.41) is 11.8. The third-order valence-corrected chi connectivity index (χ3v) is 5.09. The fourth-order valence-corrected chi connectivity index (χ4v) is 4.27. The number of carboxylic acid groups (broad SMARTS) is 1. The van der Waals surface area contributed by atoms with Crippen molar-refractivity contribution in [3.05, 3.63) is 23.3 Å². The number of nitrogens with one attached hydrogen (secondary N) is 1. The number of carbonyl (C=O) groups is 1. The van der Waals surface area contributed by atoms with Crippen molar-refractivity contribution in [1.82, 2.24) is 0 Å². The summed E-state index contributed by atoms with van der Waals surface area (Å²) in [5.74, 6) is -0.957. The molecule has 0 spiro atoms. The van der Waals surface area contributed by atoms with Gasteiger partial charge >= 0.3 is 5.97 Å². The summed E-state index contributed by atoms with van der Waals surface area (Å²) in [7, 11) is -3.34. The zero-order valence-electron chi connectivity index (χ0n) is 10.9. The van der Waals surface area contributed by atoms with Gasteiger partial charge in [-0.1, -0.05) is 6.07 Å². The van der Waals surface area contributed by atoms with Crippen LogP contribution in [0, 0.1) is 13.8 Å². The Labute approximate surface area is 112 Å². The maximum atomic E-state index is 12.2. The van der Waals surface area contributed by atoms with E-state index < -0.39 is 15.8 Å². The van der Waals surface area contributed by atoms with E-state index >= 15 is 0 Å². The lowest BCUT2D eigenvalue weighted by molar-refractivity contribution is -0.137. The molecular formula is C13H17NO4S. The molecule has 0 aliphatic carbocycles. The molecule has 1 aliphatic heterocycles. The molecule has 1 unspecified atom stereocenters. The second-order valence-electron chi connectivity index (χ2n) is 5.01. The molecule has 19 heavy (non-hydrogen) atoms. The molecule has 6 heteroatoms. The van der Waals surface area contributed by atoms with Crippen LogP contribution >= 0.6 is 0 Å². The Morgan fingerprint density at radius 2 is 2.11 bits per heavy atom. The van der Waals surface area contributed by atoms with E-state index in [4.69, 9.17) is 5.11 Å². The molecule has 0 amide bonds. The highest BCUT2D eigenvalue weighted by Crippen LogP contribution is 2.33. The fourth-order valence-electron chi connectivity index (χ4n) is 2.41. The highest BCUT2D eigenvalue weighted by atomic mass is 32.2. The topological polar surface area (TPSA) is 83.5 Å². The number of aryl methyl sites for hydroxylation is 2. The maximum Gasteiger partial charge on any atom is 0.303 e. The van der Waals surface area contributed by atoms with Gasteiger partial charge in [0.05, 0.1) is 16.3 Å². The molecule has 1 atom stereocenters. The third-order valence-electron chi connectivity index (χ3n) is 3.25. The molecule has 0 radical (unpaired) electrons. The average molecular weight is 283 g/mol. The smallest absolute Gasteiger partial charge is 0.303 e. The van der Waals surface area contributed by atoms with Crippen molar-refractivity contribution in [2.75, 3.05) is 11.1 Å². The average Bonchev–Trinajstić information content (AvgIpc) is 2.27. The first kappa shape index (κ1) is 13.9. The van der Waals surface area contributed by atoms with Crippen molar-refractivity contribution in [2.24, 2.45) is 0 Å². The van der Waals surface area contributed by atoms with Crippen LogP contribution in [-0.2, 0) is 14.6 Å². The molecule has 0 saturated heterocycles. The van der Waals surface area contributed by atoms with Crippen LogP contribution in [0.4, 0.5) is 5.69 Å². The van der Waals surface area contributed by atoms with E-state index in [1.165, 1.54) is 0 Å². The van der Waals surface area contributed by atoms with Gasteiger partial charge in [0.2, 0.25) is 0 Å². The molecular weight excluding hydrogens is 266 g/mol. The number of benzene rings is 1. The lowest BCUT2D eigenvalue weighted by Crippen LogP contribution is -2.35. The number of hydrogen-bond donors (Lipinski definition) is 2. The van der Waals surface area contributed by atoms with Crippen molar-refractivity contribution in [1.29, 1.82) is 0 Å². The van der Waals surface area contributed by atoms with Crippen molar-refractivity contribution >= 4 is 21.5 Å². The number of rotatable bonds is 3. The van der Waals surface area contributed by atoms with Crippen LogP contribution in [0.15, 0.2) is 17.0 Å². The van der Waals surface area contributed by atoms with Gasteiger partial charge in [-0.25, -0.2) is 8.42 Å². The van der Waals surface area contributed by atoms with E-state index in [2.05, 4.69) is 5.32 Å². The zero-order chi connectivity index (χ0) is 14.2. The quantitative estimate of drug-likeness (QED) is 0.882. The fraction of sp³-hybridized carbons (Fsp3) is 0.462. The normalized spacial score (nSPS) is 20.4. The van der Waals surface area contributed by atoms with Crippen LogP contribution in [0.1, 0.15) is 24.0 Å². The summed E-state index contributed by atoms with van der Waals surface area (Å²) < 4.78 is 24.5. The summed E-state index contributed by atoms with van der Waals surface area (Å²) in [6.45, 7) is 3.72. The molecule has 104 valence electrons. The highest BCUT2D eigenvalue weighted by Gasteiger charge is 2.31. The largest absolute Gasteiger partial charge is 0.481 e. The van der Waals surface area contributed by atoms with Crippen molar-refractivity contribution in [3.63, 3.8) is 0 Å². The van der Waals surface area contributed by atoms with Gasteiger partial charge in [0.25, 0.3) is 0 Å². The number of sulfone groups is 1. The molecule has 0 bridgehead atoms. The maximum absolute atomic E-state index is 12.2. The zero-order valence-corrected chi connectivity index (χ0v) is 11.8. The van der Waals surface area contributed by atoms with Crippen molar-refractivity contribution in [3.8, 4) is 0 Å². The predicted molar refractivity (Wildman–Crippen MR) is 72.2 cm³/mol. The van der Waals surface area contributed by atoms with Crippen LogP contribution in [0.5, 0.6) is 0 Å². The summed E-state index contributed by atoms with van der Waals surface area (Å²) >= 11 is 0. The van der Waals surface area contributed by atoms with Gasteiger partial charge in [0.15, 0.2) is 9.84 Å². The van der Waals surface area contributed by atoms with Crippen LogP contribution in [-0.4, -0.2) is 31.3 Å². The lowest BCUT2D eigenvalue weighted by Gasteiger charge is -2.28. The van der Waals surface area contributed by atoms with Gasteiger partial charge in [0, 0.05) is 12.5 Å². The lowest BCUT2D eigenvalue weighted by atomic mass is 10.1. The van der Waals surface area contributed by atoms with E-state index in [-0.39, 0.29) is 18.2 Å². The molecule has 0 fully saturated rings. The molecule has 1 aromatic carbocycles. The summed E-state index contributed by atoms with van der Waals surface area (Å²) in [6.07, 6.45) is 0.273. The van der Waals surface area contributed by atoms with E-state index in [1.807, 2.05) is 19.9 Å². The first-order chi connectivity index (χ1) is 8.79. The summed E-state index contributed by atoms with van der Waals surface area (Å²) in [6, 6.07) is 3.24. The van der Waals surface area contributed by atoms with Crippen LogP contribution < -0.4 is 5.32 Å². The molecule has 1 heterocycles. The number of fused-ring (bicyclic) bond motifs is 1. The van der Waals surface area contributed by atoms with Gasteiger partial charge in [-0.2, -0.15) is 0 Å². The minimum absolute atomic E-state index is 0.0343. The van der Waals surface area contributed by atoms with Crippen LogP contribution in [0.25, 0.3) is 0 Å².